The second kappa shape index (κ2) is 11.6. The maximum absolute atomic E-state index is 12.7. The largest absolute Gasteiger partial charge is 0.485 e. The van der Waals surface area contributed by atoms with Gasteiger partial charge in [-0.3, -0.25) is 9.36 Å². The average Bonchev–Trinajstić information content (AvgIpc) is 3.50. The van der Waals surface area contributed by atoms with Crippen LogP contribution in [0.5, 0.6) is 5.75 Å². The van der Waals surface area contributed by atoms with Crippen molar-refractivity contribution in [2.45, 2.75) is 32.2 Å². The molecule has 0 saturated carbocycles. The summed E-state index contributed by atoms with van der Waals surface area (Å²) >= 11 is 2.79. The number of benzene rings is 3. The van der Waals surface area contributed by atoms with Crippen molar-refractivity contribution in [2.24, 2.45) is 0 Å². The van der Waals surface area contributed by atoms with Crippen LogP contribution in [0.3, 0.4) is 0 Å². The zero-order valence-corrected chi connectivity index (χ0v) is 22.8. The van der Waals surface area contributed by atoms with Gasteiger partial charge >= 0.3 is 0 Å². The summed E-state index contributed by atoms with van der Waals surface area (Å²) in [6, 6.07) is 22.2. The van der Waals surface area contributed by atoms with E-state index in [4.69, 9.17) is 4.74 Å². The van der Waals surface area contributed by atoms with Crippen LogP contribution in [0.2, 0.25) is 0 Å². The van der Waals surface area contributed by atoms with Gasteiger partial charge in [0.25, 0.3) is 0 Å². The second-order valence-corrected chi connectivity index (χ2v) is 10.8. The molecule has 0 aliphatic rings. The molecular formula is C29H27N5O2S2. The van der Waals surface area contributed by atoms with Gasteiger partial charge in [-0.25, -0.2) is 4.98 Å². The molecule has 0 aliphatic heterocycles. The van der Waals surface area contributed by atoms with Crippen LogP contribution in [0.4, 0.5) is 5.13 Å². The number of aryl methyl sites for hydroxylation is 2. The number of carbonyl (C=O) groups excluding carboxylic acids is 1. The molecule has 192 valence electrons. The van der Waals surface area contributed by atoms with Gasteiger partial charge in [0.05, 0.1) is 11.4 Å². The Hall–Kier alpha value is -3.95. The third kappa shape index (κ3) is 5.64. The Morgan fingerprint density at radius 2 is 1.87 bits per heavy atom. The summed E-state index contributed by atoms with van der Waals surface area (Å²) in [4.78, 5) is 18.4. The zero-order chi connectivity index (χ0) is 26.5. The van der Waals surface area contributed by atoms with E-state index in [1.54, 1.807) is 6.08 Å². The molecular weight excluding hydrogens is 514 g/mol. The molecule has 0 radical (unpaired) electrons. The van der Waals surface area contributed by atoms with Gasteiger partial charge < -0.3 is 10.1 Å². The number of nitrogens with one attached hydrogen (secondary N) is 1. The van der Waals surface area contributed by atoms with Crippen LogP contribution in [0, 0.1) is 13.8 Å². The fourth-order valence-electron chi connectivity index (χ4n) is 4.15. The lowest BCUT2D eigenvalue weighted by atomic mass is 10.0. The third-order valence-corrected chi connectivity index (χ3v) is 7.89. The van der Waals surface area contributed by atoms with E-state index in [9.17, 15) is 4.79 Å². The van der Waals surface area contributed by atoms with Crippen LogP contribution in [0.15, 0.2) is 84.5 Å². The summed E-state index contributed by atoms with van der Waals surface area (Å²) in [6.45, 7) is 8.69. The minimum Gasteiger partial charge on any atom is -0.485 e. The molecule has 38 heavy (non-hydrogen) atoms. The summed E-state index contributed by atoms with van der Waals surface area (Å²) in [7, 11) is 0. The quantitative estimate of drug-likeness (QED) is 0.157. The molecule has 0 saturated heterocycles. The van der Waals surface area contributed by atoms with Crippen LogP contribution < -0.4 is 10.1 Å². The highest BCUT2D eigenvalue weighted by Gasteiger charge is 2.16. The molecule has 5 rings (SSSR count). The van der Waals surface area contributed by atoms with Crippen molar-refractivity contribution in [1.82, 2.24) is 19.7 Å². The maximum Gasteiger partial charge on any atom is 0.236 e. The standard InChI is InChI=1S/C29H27N5O2S2/c1-4-16-34-25(17-36-24-15-14-21-10-8-9-13-23(21)19(24)2)32-33-29(34)37-18-26(35)30-28-31-27(20(3)38-28)22-11-6-5-7-12-22/h4-15H,1,16-18H2,2-3H3,(H,30,31,35). The van der Waals surface area contributed by atoms with E-state index in [0.717, 1.165) is 32.8 Å². The highest BCUT2D eigenvalue weighted by atomic mass is 32.2. The van der Waals surface area contributed by atoms with Crippen LogP contribution in [0.1, 0.15) is 16.3 Å². The van der Waals surface area contributed by atoms with Crippen molar-refractivity contribution in [3.63, 3.8) is 0 Å². The molecule has 1 amide bonds. The first-order chi connectivity index (χ1) is 18.5. The predicted molar refractivity (Wildman–Crippen MR) is 155 cm³/mol. The van der Waals surface area contributed by atoms with Gasteiger partial charge in [-0.2, -0.15) is 0 Å². The zero-order valence-electron chi connectivity index (χ0n) is 21.2. The minimum atomic E-state index is -0.152. The molecule has 7 nitrogen and oxygen atoms in total. The number of ether oxygens (including phenoxy) is 1. The van der Waals surface area contributed by atoms with E-state index < -0.39 is 0 Å². The Balaban J connectivity index is 1.23. The predicted octanol–water partition coefficient (Wildman–Crippen LogP) is 6.67. The van der Waals surface area contributed by atoms with Crippen molar-refractivity contribution < 1.29 is 9.53 Å². The molecule has 5 aromatic rings. The number of thiazole rings is 1. The van der Waals surface area contributed by atoms with Crippen molar-refractivity contribution in [2.75, 3.05) is 11.1 Å². The number of rotatable bonds is 10. The maximum atomic E-state index is 12.7. The first-order valence-corrected chi connectivity index (χ1v) is 13.9. The van der Waals surface area contributed by atoms with Gasteiger partial charge in [0, 0.05) is 17.0 Å². The lowest BCUT2D eigenvalue weighted by Crippen LogP contribution is -2.15. The van der Waals surface area contributed by atoms with Gasteiger partial charge in [0.1, 0.15) is 12.4 Å². The van der Waals surface area contributed by atoms with Crippen molar-refractivity contribution in [3.05, 3.63) is 95.6 Å². The Bertz CT molecular complexity index is 1590. The van der Waals surface area contributed by atoms with E-state index in [-0.39, 0.29) is 18.3 Å². The Labute approximate surface area is 229 Å². The molecule has 2 heterocycles. The molecule has 0 atom stereocenters. The molecule has 9 heteroatoms. The molecule has 0 bridgehead atoms. The molecule has 0 fully saturated rings. The van der Waals surface area contributed by atoms with Crippen LogP contribution in [-0.4, -0.2) is 31.4 Å². The number of allylic oxidation sites excluding steroid dienone is 1. The van der Waals surface area contributed by atoms with E-state index in [2.05, 4.69) is 52.2 Å². The van der Waals surface area contributed by atoms with Crippen LogP contribution in [0.25, 0.3) is 22.0 Å². The third-order valence-electron chi connectivity index (χ3n) is 6.03. The lowest BCUT2D eigenvalue weighted by Gasteiger charge is -2.12. The van der Waals surface area contributed by atoms with E-state index >= 15 is 0 Å². The highest BCUT2D eigenvalue weighted by Crippen LogP contribution is 2.31. The van der Waals surface area contributed by atoms with Crippen molar-refractivity contribution >= 4 is 44.9 Å². The molecule has 0 unspecified atom stereocenters. The van der Waals surface area contributed by atoms with Gasteiger partial charge in [0.15, 0.2) is 16.1 Å². The van der Waals surface area contributed by atoms with Gasteiger partial charge in [0.2, 0.25) is 5.91 Å². The first-order valence-electron chi connectivity index (χ1n) is 12.1. The first kappa shape index (κ1) is 25.7. The fraction of sp³-hybridized carbons (Fsp3) is 0.172. The van der Waals surface area contributed by atoms with Crippen LogP contribution in [-0.2, 0) is 17.9 Å². The lowest BCUT2D eigenvalue weighted by molar-refractivity contribution is -0.113. The van der Waals surface area contributed by atoms with Crippen LogP contribution >= 0.6 is 23.1 Å². The second-order valence-electron chi connectivity index (χ2n) is 8.62. The van der Waals surface area contributed by atoms with Crippen molar-refractivity contribution in [1.29, 1.82) is 0 Å². The molecule has 1 N–H and O–H groups in total. The summed E-state index contributed by atoms with van der Waals surface area (Å²) in [6.07, 6.45) is 1.78. The Morgan fingerprint density at radius 3 is 2.68 bits per heavy atom. The summed E-state index contributed by atoms with van der Waals surface area (Å²) in [5, 5.41) is 15.1. The smallest absolute Gasteiger partial charge is 0.236 e. The summed E-state index contributed by atoms with van der Waals surface area (Å²) < 4.78 is 8.05. The number of hydrogen-bond donors (Lipinski definition) is 1. The Kier molecular flexibility index (Phi) is 7.86. The fourth-order valence-corrected chi connectivity index (χ4v) is 5.77. The molecule has 2 aromatic heterocycles. The average molecular weight is 542 g/mol. The molecule has 0 spiro atoms. The van der Waals surface area contributed by atoms with E-state index in [1.165, 1.54) is 28.5 Å². The number of amides is 1. The number of aromatic nitrogens is 4. The molecule has 3 aromatic carbocycles. The Morgan fingerprint density at radius 1 is 1.08 bits per heavy atom. The van der Waals surface area contributed by atoms with E-state index in [1.807, 2.05) is 60.0 Å². The highest BCUT2D eigenvalue weighted by molar-refractivity contribution is 7.99. The number of carbonyl (C=O) groups is 1. The molecule has 0 aliphatic carbocycles. The van der Waals surface area contributed by atoms with Crippen molar-refractivity contribution in [3.8, 4) is 17.0 Å². The SMILES string of the molecule is C=CCn1c(COc2ccc3ccccc3c2C)nnc1SCC(=O)Nc1nc(-c2ccccc2)c(C)s1. The topological polar surface area (TPSA) is 81.9 Å². The van der Waals surface area contributed by atoms with E-state index in [0.29, 0.717) is 22.7 Å². The van der Waals surface area contributed by atoms with Gasteiger partial charge in [-0.1, -0.05) is 78.5 Å². The summed E-state index contributed by atoms with van der Waals surface area (Å²) in [5.41, 5.74) is 3.00. The normalized spacial score (nSPS) is 11.0. The number of thioether (sulfide) groups is 1. The minimum absolute atomic E-state index is 0.152. The number of fused-ring (bicyclic) bond motifs is 1. The number of anilines is 1. The van der Waals surface area contributed by atoms with Gasteiger partial charge in [-0.05, 0) is 36.2 Å². The monoisotopic (exact) mass is 541 g/mol. The number of nitrogens with zero attached hydrogens (tertiary/aromatic N) is 4. The summed E-state index contributed by atoms with van der Waals surface area (Å²) in [5.74, 6) is 1.50. The number of hydrogen-bond acceptors (Lipinski definition) is 7. The van der Waals surface area contributed by atoms with Gasteiger partial charge in [-0.15, -0.1) is 28.1 Å².